The first-order valence-electron chi connectivity index (χ1n) is 14.3. The molecule has 0 saturated heterocycles. The van der Waals surface area contributed by atoms with Crippen LogP contribution in [0.25, 0.3) is 0 Å². The van der Waals surface area contributed by atoms with Gasteiger partial charge in [0.05, 0.1) is 27.7 Å². The second-order valence-electron chi connectivity index (χ2n) is 10.4. The molecule has 0 saturated carbocycles. The fourth-order valence-corrected chi connectivity index (χ4v) is 6.54. The number of methoxy groups -OCH3 is 1. The molecule has 1 N–H and O–H groups in total. The van der Waals surface area contributed by atoms with Gasteiger partial charge in [-0.25, -0.2) is 8.42 Å². The van der Waals surface area contributed by atoms with Crippen LogP contribution in [-0.2, 0) is 32.6 Å². The Balaban J connectivity index is 1.82. The topological polar surface area (TPSA) is 96.0 Å². The van der Waals surface area contributed by atoms with Gasteiger partial charge in [0.25, 0.3) is 10.0 Å². The number of rotatable bonds is 13. The smallest absolute Gasteiger partial charge is 0.264 e. The molecule has 0 fully saturated rings. The zero-order valence-corrected chi connectivity index (χ0v) is 27.6. The molecule has 0 bridgehead atoms. The standard InChI is InChI=1S/C34H35Cl2N3O5S/c1-4-37-34(41)32(20-25-9-6-5-7-10-25)38(22-26-15-18-30(35)31(36)19-26)33(40)23-39(27-11-8-12-28(21-27)44-3)45(42,43)29-16-13-24(2)14-17-29/h5-19,21,32H,4,20,22-23H2,1-3H3,(H,37,41). The third kappa shape index (κ3) is 8.57. The molecule has 0 aromatic heterocycles. The van der Waals surface area contributed by atoms with Crippen molar-refractivity contribution in [3.05, 3.63) is 124 Å². The minimum atomic E-state index is -4.23. The Kier molecular flexibility index (Phi) is 11.5. The van der Waals surface area contributed by atoms with E-state index in [9.17, 15) is 18.0 Å². The molecule has 0 radical (unpaired) electrons. The molecule has 236 valence electrons. The van der Waals surface area contributed by atoms with E-state index >= 15 is 0 Å². The number of carbonyl (C=O) groups excluding carboxylic acids is 2. The molecule has 1 atom stereocenters. The fourth-order valence-electron chi connectivity index (χ4n) is 4.81. The number of likely N-dealkylation sites (N-methyl/N-ethyl adjacent to an activating group) is 1. The fraction of sp³-hybridized carbons (Fsp3) is 0.235. The van der Waals surface area contributed by atoms with Crippen LogP contribution < -0.4 is 14.4 Å². The predicted octanol–water partition coefficient (Wildman–Crippen LogP) is 6.28. The van der Waals surface area contributed by atoms with Gasteiger partial charge in [0, 0.05) is 25.6 Å². The summed E-state index contributed by atoms with van der Waals surface area (Å²) in [6, 6.07) is 26.2. The van der Waals surface area contributed by atoms with Gasteiger partial charge in [-0.15, -0.1) is 0 Å². The van der Waals surface area contributed by atoms with Crippen LogP contribution in [0.1, 0.15) is 23.6 Å². The highest BCUT2D eigenvalue weighted by atomic mass is 35.5. The lowest BCUT2D eigenvalue weighted by Crippen LogP contribution is -2.53. The van der Waals surface area contributed by atoms with Crippen molar-refractivity contribution in [3.8, 4) is 5.75 Å². The third-order valence-corrected chi connectivity index (χ3v) is 9.72. The van der Waals surface area contributed by atoms with E-state index in [0.29, 0.717) is 27.9 Å². The van der Waals surface area contributed by atoms with Crippen LogP contribution >= 0.6 is 23.2 Å². The zero-order valence-electron chi connectivity index (χ0n) is 25.2. The zero-order chi connectivity index (χ0) is 32.6. The van der Waals surface area contributed by atoms with Crippen molar-refractivity contribution in [1.82, 2.24) is 10.2 Å². The minimum absolute atomic E-state index is 0.0179. The molecule has 0 aliphatic rings. The lowest BCUT2D eigenvalue weighted by Gasteiger charge is -2.34. The largest absolute Gasteiger partial charge is 0.497 e. The SMILES string of the molecule is CCNC(=O)C(Cc1ccccc1)N(Cc1ccc(Cl)c(Cl)c1)C(=O)CN(c1cccc(OC)c1)S(=O)(=O)c1ccc(C)cc1. The first kappa shape index (κ1) is 33.8. The predicted molar refractivity (Wildman–Crippen MR) is 178 cm³/mol. The van der Waals surface area contributed by atoms with Crippen molar-refractivity contribution in [1.29, 1.82) is 0 Å². The van der Waals surface area contributed by atoms with Crippen molar-refractivity contribution in [2.75, 3.05) is 24.5 Å². The number of aryl methyl sites for hydroxylation is 1. The molecule has 0 spiro atoms. The number of nitrogens with one attached hydrogen (secondary N) is 1. The second kappa shape index (κ2) is 15.3. The lowest BCUT2D eigenvalue weighted by atomic mass is 10.0. The number of nitrogens with zero attached hydrogens (tertiary/aromatic N) is 2. The highest BCUT2D eigenvalue weighted by Gasteiger charge is 2.34. The lowest BCUT2D eigenvalue weighted by molar-refractivity contribution is -0.140. The summed E-state index contributed by atoms with van der Waals surface area (Å²) in [5.41, 5.74) is 2.57. The van der Waals surface area contributed by atoms with E-state index < -0.39 is 28.5 Å². The average molecular weight is 669 g/mol. The molecule has 0 aliphatic heterocycles. The molecule has 4 aromatic rings. The number of hydrogen-bond donors (Lipinski definition) is 1. The molecule has 0 aliphatic carbocycles. The van der Waals surface area contributed by atoms with Gasteiger partial charge in [-0.1, -0.05) is 83.4 Å². The van der Waals surface area contributed by atoms with Crippen LogP contribution in [0.3, 0.4) is 0 Å². The van der Waals surface area contributed by atoms with Crippen molar-refractivity contribution in [2.24, 2.45) is 0 Å². The summed E-state index contributed by atoms with van der Waals surface area (Å²) < 4.78 is 34.7. The molecule has 8 nitrogen and oxygen atoms in total. The molecule has 4 aromatic carbocycles. The van der Waals surface area contributed by atoms with Gasteiger partial charge in [-0.2, -0.15) is 0 Å². The molecule has 1 unspecified atom stereocenters. The quantitative estimate of drug-likeness (QED) is 0.181. The Labute approximate surface area is 274 Å². The first-order chi connectivity index (χ1) is 21.5. The number of ether oxygens (including phenoxy) is 1. The number of carbonyl (C=O) groups is 2. The summed E-state index contributed by atoms with van der Waals surface area (Å²) >= 11 is 12.5. The van der Waals surface area contributed by atoms with Crippen molar-refractivity contribution in [2.45, 2.75) is 37.8 Å². The van der Waals surface area contributed by atoms with Gasteiger partial charge in [-0.3, -0.25) is 13.9 Å². The molecule has 4 rings (SSSR count). The van der Waals surface area contributed by atoms with E-state index in [-0.39, 0.29) is 29.5 Å². The van der Waals surface area contributed by atoms with E-state index in [1.165, 1.54) is 24.1 Å². The van der Waals surface area contributed by atoms with E-state index in [1.54, 1.807) is 61.5 Å². The Bertz CT molecular complexity index is 1730. The van der Waals surface area contributed by atoms with Gasteiger partial charge in [0.1, 0.15) is 18.3 Å². The van der Waals surface area contributed by atoms with Gasteiger partial charge in [0.2, 0.25) is 11.8 Å². The summed E-state index contributed by atoms with van der Waals surface area (Å²) in [5.74, 6) is -0.545. The maximum atomic E-state index is 14.5. The number of hydrogen-bond acceptors (Lipinski definition) is 5. The molecule has 2 amide bonds. The van der Waals surface area contributed by atoms with Gasteiger partial charge in [0.15, 0.2) is 0 Å². The van der Waals surface area contributed by atoms with Crippen LogP contribution in [0.15, 0.2) is 102 Å². The average Bonchev–Trinajstić information content (AvgIpc) is 3.03. The molecular weight excluding hydrogens is 633 g/mol. The second-order valence-corrected chi connectivity index (χ2v) is 13.1. The summed E-state index contributed by atoms with van der Waals surface area (Å²) in [5, 5.41) is 3.48. The summed E-state index contributed by atoms with van der Waals surface area (Å²) in [6.45, 7) is 3.38. The van der Waals surface area contributed by atoms with E-state index in [1.807, 2.05) is 37.3 Å². The highest BCUT2D eigenvalue weighted by molar-refractivity contribution is 7.92. The summed E-state index contributed by atoms with van der Waals surface area (Å²) in [6.07, 6.45) is 0.198. The number of benzene rings is 4. The van der Waals surface area contributed by atoms with E-state index in [4.69, 9.17) is 27.9 Å². The Morgan fingerprint density at radius 1 is 0.867 bits per heavy atom. The number of halogens is 2. The molecule has 11 heteroatoms. The van der Waals surface area contributed by atoms with Gasteiger partial charge >= 0.3 is 0 Å². The normalized spacial score (nSPS) is 11.8. The number of anilines is 1. The molecule has 45 heavy (non-hydrogen) atoms. The van der Waals surface area contributed by atoms with Crippen LogP contribution in [0.2, 0.25) is 10.0 Å². The Hall–Kier alpha value is -4.05. The Morgan fingerprint density at radius 3 is 2.22 bits per heavy atom. The van der Waals surface area contributed by atoms with E-state index in [0.717, 1.165) is 15.4 Å². The highest BCUT2D eigenvalue weighted by Crippen LogP contribution is 2.29. The van der Waals surface area contributed by atoms with Gasteiger partial charge < -0.3 is 15.0 Å². The number of sulfonamides is 1. The van der Waals surface area contributed by atoms with E-state index in [2.05, 4.69) is 5.32 Å². The van der Waals surface area contributed by atoms with Gasteiger partial charge in [-0.05, 0) is 61.4 Å². The number of amides is 2. The van der Waals surface area contributed by atoms with Crippen LogP contribution in [0, 0.1) is 6.92 Å². The maximum absolute atomic E-state index is 14.5. The van der Waals surface area contributed by atoms with Crippen molar-refractivity contribution in [3.63, 3.8) is 0 Å². The van der Waals surface area contributed by atoms with Crippen LogP contribution in [-0.4, -0.2) is 51.4 Å². The van der Waals surface area contributed by atoms with Crippen LogP contribution in [0.5, 0.6) is 5.75 Å². The monoisotopic (exact) mass is 667 g/mol. The minimum Gasteiger partial charge on any atom is -0.497 e. The summed E-state index contributed by atoms with van der Waals surface area (Å²) in [4.78, 5) is 29.5. The maximum Gasteiger partial charge on any atom is 0.264 e. The third-order valence-electron chi connectivity index (χ3n) is 7.19. The molecule has 0 heterocycles. The summed E-state index contributed by atoms with van der Waals surface area (Å²) in [7, 11) is -2.76. The Morgan fingerprint density at radius 2 is 1.58 bits per heavy atom. The first-order valence-corrected chi connectivity index (χ1v) is 16.5. The van der Waals surface area contributed by atoms with Crippen molar-refractivity contribution >= 4 is 50.7 Å². The van der Waals surface area contributed by atoms with Crippen LogP contribution in [0.4, 0.5) is 5.69 Å². The molecular formula is C34H35Cl2N3O5S. The van der Waals surface area contributed by atoms with Crippen molar-refractivity contribution < 1.29 is 22.7 Å².